The molecule has 1 aromatic rings. The van der Waals surface area contributed by atoms with E-state index in [0.29, 0.717) is 12.0 Å². The summed E-state index contributed by atoms with van der Waals surface area (Å²) in [6.07, 6.45) is 8.59. The van der Waals surface area contributed by atoms with Crippen LogP contribution in [0.2, 0.25) is 0 Å². The Morgan fingerprint density at radius 2 is 2.00 bits per heavy atom. The molecule has 1 aliphatic carbocycles. The third-order valence-corrected chi connectivity index (χ3v) is 3.17. The molecule has 1 aliphatic rings. The molecule has 17 heavy (non-hydrogen) atoms. The largest absolute Gasteiger partial charge is 0.366 e. The van der Waals surface area contributed by atoms with Crippen LogP contribution in [-0.2, 0) is 38.1 Å². The van der Waals surface area contributed by atoms with E-state index in [-0.39, 0.29) is 51.3 Å². The van der Waals surface area contributed by atoms with Crippen molar-refractivity contribution in [1.29, 1.82) is 0 Å². The maximum Gasteiger partial charge on any atom is 0.161 e. The molecule has 0 N–H and O–H groups in total. The molecule has 2 heteroatoms. The van der Waals surface area contributed by atoms with E-state index in [2.05, 4.69) is 19.8 Å². The second-order valence-corrected chi connectivity index (χ2v) is 4.69. The van der Waals surface area contributed by atoms with E-state index in [1.165, 1.54) is 0 Å². The van der Waals surface area contributed by atoms with Crippen LogP contribution in [0, 0.1) is 19.8 Å². The van der Waals surface area contributed by atoms with Gasteiger partial charge in [0.05, 0.1) is 0 Å². The van der Waals surface area contributed by atoms with Crippen molar-refractivity contribution in [3.63, 3.8) is 0 Å². The Bertz CT molecular complexity index is 466. The molecule has 0 unspecified atom stereocenters. The van der Waals surface area contributed by atoms with Gasteiger partial charge in [-0.15, -0.1) is 17.7 Å². The first-order chi connectivity index (χ1) is 7.04. The third kappa shape index (κ3) is 3.06. The minimum atomic E-state index is 0. The molecule has 87 valence electrons. The summed E-state index contributed by atoms with van der Waals surface area (Å²) in [6.45, 7) is 4.32. The van der Waals surface area contributed by atoms with Gasteiger partial charge in [-0.3, -0.25) is 10.7 Å². The number of hydrogen-bond acceptors (Lipinski definition) is 1. The van der Waals surface area contributed by atoms with Crippen molar-refractivity contribution in [2.75, 3.05) is 0 Å². The summed E-state index contributed by atoms with van der Waals surface area (Å²) < 4.78 is 0. The second kappa shape index (κ2) is 5.94. The molecule has 0 heterocycles. The number of Topliss-reactive ketones (excluding diaryl/α,β-unsaturated/α-hetero) is 1. The normalized spacial score (nSPS) is 15.9. The van der Waals surface area contributed by atoms with Crippen molar-refractivity contribution in [1.82, 2.24) is 0 Å². The monoisotopic (exact) mass is 301 g/mol. The van der Waals surface area contributed by atoms with Gasteiger partial charge in [-0.05, 0) is 17.4 Å². The molecule has 1 radical (unpaired) electrons. The molecule has 2 rings (SSSR count). The number of benzene rings is 1. The maximum absolute atomic E-state index is 11.8. The fourth-order valence-electron chi connectivity index (χ4n) is 2.14. The topological polar surface area (TPSA) is 17.1 Å². The number of rotatable bonds is 0. The molecule has 1 aromatic carbocycles. The Balaban J connectivity index is 0.00000128. The fourth-order valence-corrected chi connectivity index (χ4v) is 2.14. The standard InChI is InChI=1S/C14H13O.CH3.Y/c1-4-10-5-6-12-11(9-10)13(15)7-8-14(12,2)3;;/h5-6,9H,7-8H2,2-3H3;1H3;/q2*-1;. The predicted octanol–water partition coefficient (Wildman–Crippen LogP) is 3.33. The number of carbonyl (C=O) groups is 1. The summed E-state index contributed by atoms with van der Waals surface area (Å²) in [7, 11) is 0. The summed E-state index contributed by atoms with van der Waals surface area (Å²) >= 11 is 0. The van der Waals surface area contributed by atoms with Crippen LogP contribution in [0.3, 0.4) is 0 Å². The molecule has 0 bridgehead atoms. The van der Waals surface area contributed by atoms with Gasteiger partial charge in [-0.2, -0.15) is 0 Å². The zero-order valence-electron chi connectivity index (χ0n) is 10.6. The minimum absolute atomic E-state index is 0. The smallest absolute Gasteiger partial charge is 0.161 e. The van der Waals surface area contributed by atoms with E-state index in [4.69, 9.17) is 6.42 Å². The average Bonchev–Trinajstić information content (AvgIpc) is 2.23. The molecule has 0 atom stereocenters. The van der Waals surface area contributed by atoms with Crippen LogP contribution in [0.25, 0.3) is 0 Å². The maximum atomic E-state index is 11.8. The summed E-state index contributed by atoms with van der Waals surface area (Å²) in [5, 5.41) is 0. The molecule has 0 saturated heterocycles. The fraction of sp³-hybridized carbons (Fsp3) is 0.333. The molecule has 0 amide bonds. The Morgan fingerprint density at radius 3 is 2.59 bits per heavy atom. The van der Waals surface area contributed by atoms with Crippen LogP contribution in [0.15, 0.2) is 18.2 Å². The SMILES string of the molecule is [C-]#Cc1ccc2c(c1)C(=O)CCC2(C)C.[CH3-].[Y]. The van der Waals surface area contributed by atoms with E-state index < -0.39 is 0 Å². The first-order valence-electron chi connectivity index (χ1n) is 5.15. The second-order valence-electron chi connectivity index (χ2n) is 4.69. The van der Waals surface area contributed by atoms with Crippen molar-refractivity contribution in [3.8, 4) is 5.92 Å². The van der Waals surface area contributed by atoms with Gasteiger partial charge in [-0.25, -0.2) is 0 Å². The van der Waals surface area contributed by atoms with Gasteiger partial charge in [-0.1, -0.05) is 19.9 Å². The van der Waals surface area contributed by atoms with Gasteiger partial charge in [0, 0.05) is 44.7 Å². The summed E-state index contributed by atoms with van der Waals surface area (Å²) in [5.41, 5.74) is 2.64. The van der Waals surface area contributed by atoms with E-state index in [1.807, 2.05) is 12.1 Å². The molecule has 0 aromatic heterocycles. The molecular formula is C15H16OY-2. The van der Waals surface area contributed by atoms with Crippen LogP contribution in [0.5, 0.6) is 0 Å². The summed E-state index contributed by atoms with van der Waals surface area (Å²) in [5.74, 6) is 2.52. The van der Waals surface area contributed by atoms with Crippen LogP contribution in [-0.4, -0.2) is 5.78 Å². The molecule has 0 aliphatic heterocycles. The zero-order chi connectivity index (χ0) is 11.1. The Morgan fingerprint density at radius 1 is 1.35 bits per heavy atom. The average molecular weight is 301 g/mol. The zero-order valence-corrected chi connectivity index (χ0v) is 13.5. The number of hydrogen-bond donors (Lipinski definition) is 0. The van der Waals surface area contributed by atoms with Gasteiger partial charge >= 0.3 is 0 Å². The molecular weight excluding hydrogens is 285 g/mol. The van der Waals surface area contributed by atoms with Crippen LogP contribution >= 0.6 is 0 Å². The van der Waals surface area contributed by atoms with Crippen molar-refractivity contribution < 1.29 is 37.5 Å². The van der Waals surface area contributed by atoms with E-state index in [9.17, 15) is 4.79 Å². The van der Waals surface area contributed by atoms with Crippen LogP contribution in [0.4, 0.5) is 0 Å². The first kappa shape index (κ1) is 16.6. The van der Waals surface area contributed by atoms with Crippen molar-refractivity contribution in [2.45, 2.75) is 32.1 Å². The molecule has 1 nitrogen and oxygen atoms in total. The number of ketones is 1. The van der Waals surface area contributed by atoms with E-state index in [1.54, 1.807) is 6.07 Å². The van der Waals surface area contributed by atoms with Crippen molar-refractivity contribution in [2.24, 2.45) is 0 Å². The van der Waals surface area contributed by atoms with Gasteiger partial charge in [0.2, 0.25) is 0 Å². The minimum Gasteiger partial charge on any atom is -0.366 e. The Kier molecular flexibility index (Phi) is 5.78. The molecule has 0 saturated carbocycles. The van der Waals surface area contributed by atoms with E-state index in [0.717, 1.165) is 17.5 Å². The Hall–Kier alpha value is -0.446. The molecule has 0 spiro atoms. The van der Waals surface area contributed by atoms with Gasteiger partial charge < -0.3 is 13.9 Å². The molecule has 0 fully saturated rings. The number of fused-ring (bicyclic) bond motifs is 1. The quantitative estimate of drug-likeness (QED) is 0.531. The summed E-state index contributed by atoms with van der Waals surface area (Å²) in [4.78, 5) is 11.8. The van der Waals surface area contributed by atoms with Crippen molar-refractivity contribution >= 4 is 5.78 Å². The van der Waals surface area contributed by atoms with Gasteiger partial charge in [0.25, 0.3) is 0 Å². The Labute approximate surface area is 129 Å². The predicted molar refractivity (Wildman–Crippen MR) is 65.7 cm³/mol. The van der Waals surface area contributed by atoms with Crippen LogP contribution < -0.4 is 0 Å². The van der Waals surface area contributed by atoms with Crippen LogP contribution in [0.1, 0.15) is 48.2 Å². The van der Waals surface area contributed by atoms with E-state index >= 15 is 0 Å². The first-order valence-corrected chi connectivity index (χ1v) is 5.15. The van der Waals surface area contributed by atoms with Gasteiger partial charge in [0.15, 0.2) is 5.78 Å². The number of carbonyl (C=O) groups excluding carboxylic acids is 1. The van der Waals surface area contributed by atoms with Gasteiger partial charge in [0.1, 0.15) is 0 Å². The third-order valence-electron chi connectivity index (χ3n) is 3.17. The summed E-state index contributed by atoms with van der Waals surface area (Å²) in [6, 6.07) is 5.60. The van der Waals surface area contributed by atoms with Crippen molar-refractivity contribution in [3.05, 3.63) is 48.7 Å².